The number of rotatable bonds is 5. The van der Waals surface area contributed by atoms with E-state index in [9.17, 15) is 4.39 Å². The average Bonchev–Trinajstić information content (AvgIpc) is 2.41. The molecule has 0 N–H and O–H groups in total. The summed E-state index contributed by atoms with van der Waals surface area (Å²) in [6.45, 7) is 0. The normalized spacial score (nSPS) is 12.4. The molecular weight excluding hydrogens is 406 g/mol. The van der Waals surface area contributed by atoms with E-state index in [4.69, 9.17) is 11.6 Å². The minimum Gasteiger partial charge on any atom is -0.207 e. The maximum absolute atomic E-state index is 13.9. The summed E-state index contributed by atoms with van der Waals surface area (Å²) in [5, 5.41) is 1.57. The van der Waals surface area contributed by atoms with Crippen molar-refractivity contribution in [2.75, 3.05) is 5.33 Å². The summed E-state index contributed by atoms with van der Waals surface area (Å²) in [6, 6.07) is 13.1. The van der Waals surface area contributed by atoms with Crippen LogP contribution in [0.5, 0.6) is 0 Å². The van der Waals surface area contributed by atoms with Gasteiger partial charge in [0.2, 0.25) is 0 Å². The van der Waals surface area contributed by atoms with Crippen molar-refractivity contribution in [2.24, 2.45) is 5.92 Å². The lowest BCUT2D eigenvalue weighted by Crippen LogP contribution is -2.11. The second-order valence-electron chi connectivity index (χ2n) is 4.79. The molecule has 0 aliphatic carbocycles. The molecule has 0 aliphatic rings. The second-order valence-corrected chi connectivity index (χ2v) is 6.79. The van der Waals surface area contributed by atoms with Crippen LogP contribution in [-0.2, 0) is 12.8 Å². The van der Waals surface area contributed by atoms with Gasteiger partial charge < -0.3 is 0 Å². The number of hydrogen-bond donors (Lipinski definition) is 0. The van der Waals surface area contributed by atoms with Gasteiger partial charge in [0, 0.05) is 14.8 Å². The molecular formula is C16H14Br2ClF. The minimum absolute atomic E-state index is 0.156. The van der Waals surface area contributed by atoms with Crippen LogP contribution in [0.4, 0.5) is 4.39 Å². The molecule has 106 valence electrons. The van der Waals surface area contributed by atoms with E-state index in [0.29, 0.717) is 12.3 Å². The van der Waals surface area contributed by atoms with Crippen LogP contribution in [-0.4, -0.2) is 5.33 Å². The lowest BCUT2D eigenvalue weighted by molar-refractivity contribution is 0.550. The Labute approximate surface area is 140 Å². The zero-order valence-corrected chi connectivity index (χ0v) is 14.7. The predicted molar refractivity (Wildman–Crippen MR) is 90.2 cm³/mol. The highest BCUT2D eigenvalue weighted by molar-refractivity contribution is 9.10. The van der Waals surface area contributed by atoms with Gasteiger partial charge in [0.15, 0.2) is 0 Å². The fourth-order valence-corrected chi connectivity index (χ4v) is 3.18. The van der Waals surface area contributed by atoms with Crippen LogP contribution in [0, 0.1) is 11.7 Å². The van der Waals surface area contributed by atoms with Crippen LogP contribution in [0.3, 0.4) is 0 Å². The van der Waals surface area contributed by atoms with E-state index in [0.717, 1.165) is 26.8 Å². The molecule has 0 heterocycles. The molecule has 0 aliphatic heterocycles. The third-order valence-corrected chi connectivity index (χ3v) is 4.80. The SMILES string of the molecule is Fc1cc(Br)ccc1CC(CBr)Cc1cccc(Cl)c1. The fourth-order valence-electron chi connectivity index (χ4n) is 2.18. The van der Waals surface area contributed by atoms with Gasteiger partial charge in [-0.1, -0.05) is 61.7 Å². The summed E-state index contributed by atoms with van der Waals surface area (Å²) >= 11 is 12.8. The van der Waals surface area contributed by atoms with Gasteiger partial charge in [-0.25, -0.2) is 4.39 Å². The Bertz CT molecular complexity index is 586. The van der Waals surface area contributed by atoms with Crippen molar-refractivity contribution in [1.82, 2.24) is 0 Å². The van der Waals surface area contributed by atoms with E-state index in [1.54, 1.807) is 0 Å². The third kappa shape index (κ3) is 4.57. The highest BCUT2D eigenvalue weighted by atomic mass is 79.9. The van der Waals surface area contributed by atoms with Crippen molar-refractivity contribution in [1.29, 1.82) is 0 Å². The molecule has 2 aromatic rings. The number of alkyl halides is 1. The molecule has 2 aromatic carbocycles. The molecule has 0 fully saturated rings. The van der Waals surface area contributed by atoms with Crippen LogP contribution in [0.15, 0.2) is 46.9 Å². The van der Waals surface area contributed by atoms with Crippen LogP contribution in [0.2, 0.25) is 5.02 Å². The quantitative estimate of drug-likeness (QED) is 0.518. The zero-order valence-electron chi connectivity index (χ0n) is 10.8. The Morgan fingerprint density at radius 3 is 2.55 bits per heavy atom. The monoisotopic (exact) mass is 418 g/mol. The first-order valence-electron chi connectivity index (χ1n) is 6.33. The Hall–Kier alpha value is -0.380. The minimum atomic E-state index is -0.156. The van der Waals surface area contributed by atoms with E-state index in [1.165, 1.54) is 11.6 Å². The average molecular weight is 421 g/mol. The zero-order chi connectivity index (χ0) is 14.5. The highest BCUT2D eigenvalue weighted by Crippen LogP contribution is 2.22. The Balaban J connectivity index is 2.09. The van der Waals surface area contributed by atoms with E-state index < -0.39 is 0 Å². The molecule has 4 heteroatoms. The van der Waals surface area contributed by atoms with Gasteiger partial charge in [-0.2, -0.15) is 0 Å². The molecule has 0 saturated heterocycles. The van der Waals surface area contributed by atoms with Gasteiger partial charge in [0.1, 0.15) is 5.82 Å². The number of benzene rings is 2. The number of halogens is 4. The van der Waals surface area contributed by atoms with Crippen molar-refractivity contribution in [2.45, 2.75) is 12.8 Å². The standard InChI is InChI=1S/C16H14Br2ClF/c17-10-12(6-11-2-1-3-15(19)8-11)7-13-4-5-14(18)9-16(13)20/h1-5,8-9,12H,6-7,10H2. The topological polar surface area (TPSA) is 0 Å². The molecule has 0 radical (unpaired) electrons. The summed E-state index contributed by atoms with van der Waals surface area (Å²) in [7, 11) is 0. The van der Waals surface area contributed by atoms with E-state index >= 15 is 0 Å². The third-order valence-electron chi connectivity index (χ3n) is 3.16. The lowest BCUT2D eigenvalue weighted by Gasteiger charge is -2.15. The molecule has 1 unspecified atom stereocenters. The van der Waals surface area contributed by atoms with Crippen molar-refractivity contribution >= 4 is 43.5 Å². The highest BCUT2D eigenvalue weighted by Gasteiger charge is 2.13. The van der Waals surface area contributed by atoms with E-state index in [2.05, 4.69) is 37.9 Å². The maximum atomic E-state index is 13.9. The van der Waals surface area contributed by atoms with Crippen LogP contribution in [0.25, 0.3) is 0 Å². The molecule has 0 bridgehead atoms. The predicted octanol–water partition coefficient (Wildman–Crippen LogP) is 6.04. The first kappa shape index (κ1) is 16.0. The summed E-state index contributed by atoms with van der Waals surface area (Å²) in [4.78, 5) is 0. The Kier molecular flexibility index (Phi) is 6.06. The molecule has 0 spiro atoms. The van der Waals surface area contributed by atoms with Gasteiger partial charge in [-0.05, 0) is 54.2 Å². The molecule has 0 nitrogen and oxygen atoms in total. The molecule has 0 aromatic heterocycles. The number of hydrogen-bond acceptors (Lipinski definition) is 0. The first-order valence-corrected chi connectivity index (χ1v) is 8.62. The maximum Gasteiger partial charge on any atom is 0.127 e. The second kappa shape index (κ2) is 7.58. The van der Waals surface area contributed by atoms with Gasteiger partial charge in [0.05, 0.1) is 0 Å². The molecule has 1 atom stereocenters. The largest absolute Gasteiger partial charge is 0.207 e. The van der Waals surface area contributed by atoms with Gasteiger partial charge in [0.25, 0.3) is 0 Å². The van der Waals surface area contributed by atoms with Crippen LogP contribution >= 0.6 is 43.5 Å². The summed E-state index contributed by atoms with van der Waals surface area (Å²) in [6.07, 6.45) is 1.58. The molecule has 20 heavy (non-hydrogen) atoms. The van der Waals surface area contributed by atoms with Crippen LogP contribution < -0.4 is 0 Å². The Morgan fingerprint density at radius 1 is 1.10 bits per heavy atom. The summed E-state index contributed by atoms with van der Waals surface area (Å²) in [5.41, 5.74) is 1.93. The summed E-state index contributed by atoms with van der Waals surface area (Å²) < 4.78 is 14.7. The molecule has 0 amide bonds. The van der Waals surface area contributed by atoms with Gasteiger partial charge in [-0.15, -0.1) is 0 Å². The van der Waals surface area contributed by atoms with Gasteiger partial charge >= 0.3 is 0 Å². The van der Waals surface area contributed by atoms with Gasteiger partial charge in [-0.3, -0.25) is 0 Å². The lowest BCUT2D eigenvalue weighted by atomic mass is 9.94. The smallest absolute Gasteiger partial charge is 0.127 e. The summed E-state index contributed by atoms with van der Waals surface area (Å²) in [5.74, 6) is 0.181. The Morgan fingerprint density at radius 2 is 1.90 bits per heavy atom. The van der Waals surface area contributed by atoms with Crippen LogP contribution in [0.1, 0.15) is 11.1 Å². The first-order chi connectivity index (χ1) is 9.58. The van der Waals surface area contributed by atoms with Crippen molar-refractivity contribution in [3.8, 4) is 0 Å². The molecule has 0 saturated carbocycles. The fraction of sp³-hybridized carbons (Fsp3) is 0.250. The molecule has 2 rings (SSSR count). The van der Waals surface area contributed by atoms with E-state index in [1.807, 2.05) is 30.3 Å². The van der Waals surface area contributed by atoms with Crippen molar-refractivity contribution in [3.63, 3.8) is 0 Å². The van der Waals surface area contributed by atoms with Crippen molar-refractivity contribution < 1.29 is 4.39 Å². The van der Waals surface area contributed by atoms with E-state index in [-0.39, 0.29) is 5.82 Å². The van der Waals surface area contributed by atoms with Crippen molar-refractivity contribution in [3.05, 3.63) is 68.9 Å².